The number of anilines is 2. The Morgan fingerprint density at radius 3 is 2.61 bits per heavy atom. The Morgan fingerprint density at radius 1 is 1.08 bits per heavy atom. The number of hydrogen-bond donors (Lipinski definition) is 0. The predicted octanol–water partition coefficient (Wildman–Crippen LogP) is 5.16. The van der Waals surface area contributed by atoms with Crippen molar-refractivity contribution in [3.63, 3.8) is 0 Å². The molecule has 0 saturated heterocycles. The van der Waals surface area contributed by atoms with Crippen molar-refractivity contribution >= 4 is 55.5 Å². The maximum absolute atomic E-state index is 13.6. The molecule has 5 aromatic rings. The first-order valence-electron chi connectivity index (χ1n) is 11.1. The molecular formula is C27H22N4O4S. The van der Waals surface area contributed by atoms with E-state index >= 15 is 0 Å². The summed E-state index contributed by atoms with van der Waals surface area (Å²) in [5.74, 6) is 0.305. The number of fused-ring (bicyclic) bond motifs is 2. The maximum atomic E-state index is 13.6. The van der Waals surface area contributed by atoms with Gasteiger partial charge in [0.2, 0.25) is 10.6 Å². The molecule has 0 fully saturated rings. The summed E-state index contributed by atoms with van der Waals surface area (Å²) in [6.45, 7) is 0. The standard InChI is InChI=1S/C27H22N4O4S/c1-30(2)19-10-8-17(9-11-19)26(33)31(27-29-22-13-12-20(34-3)14-24(22)36-27)28-15-18-16-35-23-7-5-4-6-21(23)25(18)32/h4-16H,1-3H3/b28-15+. The van der Waals surface area contributed by atoms with Crippen molar-refractivity contribution in [2.45, 2.75) is 0 Å². The molecule has 1 amide bonds. The van der Waals surface area contributed by atoms with Gasteiger partial charge >= 0.3 is 0 Å². The Bertz CT molecular complexity index is 1650. The van der Waals surface area contributed by atoms with E-state index in [0.29, 0.717) is 32.9 Å². The zero-order valence-corrected chi connectivity index (χ0v) is 20.7. The van der Waals surface area contributed by atoms with Crippen LogP contribution in [0.3, 0.4) is 0 Å². The highest BCUT2D eigenvalue weighted by Crippen LogP contribution is 2.32. The summed E-state index contributed by atoms with van der Waals surface area (Å²) in [6, 6.07) is 19.6. The zero-order valence-electron chi connectivity index (χ0n) is 19.8. The van der Waals surface area contributed by atoms with E-state index in [1.54, 1.807) is 43.5 Å². The van der Waals surface area contributed by atoms with Gasteiger partial charge in [-0.05, 0) is 54.6 Å². The molecule has 0 saturated carbocycles. The number of carbonyl (C=O) groups excluding carboxylic acids is 1. The van der Waals surface area contributed by atoms with E-state index in [1.807, 2.05) is 49.3 Å². The van der Waals surface area contributed by atoms with Gasteiger partial charge in [-0.1, -0.05) is 23.5 Å². The Morgan fingerprint density at radius 2 is 1.86 bits per heavy atom. The molecule has 0 radical (unpaired) electrons. The maximum Gasteiger partial charge on any atom is 0.280 e. The largest absolute Gasteiger partial charge is 0.497 e. The number of carbonyl (C=O) groups is 1. The van der Waals surface area contributed by atoms with Gasteiger partial charge in [-0.3, -0.25) is 9.59 Å². The number of ether oxygens (including phenoxy) is 1. The number of nitrogens with zero attached hydrogens (tertiary/aromatic N) is 4. The van der Waals surface area contributed by atoms with E-state index in [2.05, 4.69) is 10.1 Å². The summed E-state index contributed by atoms with van der Waals surface area (Å²) in [7, 11) is 5.45. The van der Waals surface area contributed by atoms with Crippen LogP contribution in [0.2, 0.25) is 0 Å². The molecule has 2 heterocycles. The number of benzene rings is 3. The van der Waals surface area contributed by atoms with Gasteiger partial charge in [0, 0.05) is 25.3 Å². The van der Waals surface area contributed by atoms with Crippen LogP contribution in [0.1, 0.15) is 15.9 Å². The second kappa shape index (κ2) is 9.63. The van der Waals surface area contributed by atoms with Crippen molar-refractivity contribution in [2.75, 3.05) is 31.1 Å². The van der Waals surface area contributed by atoms with Crippen LogP contribution in [0.15, 0.2) is 87.3 Å². The highest BCUT2D eigenvalue weighted by atomic mass is 32.1. The van der Waals surface area contributed by atoms with E-state index < -0.39 is 0 Å². The molecule has 0 unspecified atom stereocenters. The molecule has 3 aromatic carbocycles. The molecule has 0 spiro atoms. The Labute approximate surface area is 210 Å². The molecule has 36 heavy (non-hydrogen) atoms. The predicted molar refractivity (Wildman–Crippen MR) is 144 cm³/mol. The van der Waals surface area contributed by atoms with Gasteiger partial charge in [0.05, 0.1) is 34.5 Å². The van der Waals surface area contributed by atoms with Gasteiger partial charge in [0.1, 0.15) is 17.6 Å². The van der Waals surface area contributed by atoms with Crippen LogP contribution in [-0.4, -0.2) is 38.3 Å². The third kappa shape index (κ3) is 4.44. The summed E-state index contributed by atoms with van der Waals surface area (Å²) in [5, 5.41) is 6.41. The summed E-state index contributed by atoms with van der Waals surface area (Å²) >= 11 is 1.30. The molecular weight excluding hydrogens is 476 g/mol. The van der Waals surface area contributed by atoms with Crippen LogP contribution in [0.25, 0.3) is 21.2 Å². The Hall–Kier alpha value is -4.50. The van der Waals surface area contributed by atoms with Crippen LogP contribution < -0.4 is 20.1 Å². The second-order valence-electron chi connectivity index (χ2n) is 8.15. The number of hydrogen-bond acceptors (Lipinski definition) is 8. The fourth-order valence-corrected chi connectivity index (χ4v) is 4.58. The first-order valence-corrected chi connectivity index (χ1v) is 11.9. The third-order valence-electron chi connectivity index (χ3n) is 5.61. The zero-order chi connectivity index (χ0) is 25.2. The summed E-state index contributed by atoms with van der Waals surface area (Å²) in [4.78, 5) is 33.1. The van der Waals surface area contributed by atoms with Crippen LogP contribution in [-0.2, 0) is 0 Å². The molecule has 0 atom stereocenters. The smallest absolute Gasteiger partial charge is 0.280 e. The van der Waals surface area contributed by atoms with Gasteiger partial charge in [0.15, 0.2) is 0 Å². The first kappa shape index (κ1) is 23.3. The summed E-state index contributed by atoms with van der Waals surface area (Å²) in [5.41, 5.74) is 2.56. The van der Waals surface area contributed by atoms with Gasteiger partial charge < -0.3 is 14.1 Å². The fraction of sp³-hybridized carbons (Fsp3) is 0.111. The molecule has 0 N–H and O–H groups in total. The van der Waals surface area contributed by atoms with Gasteiger partial charge in [-0.15, -0.1) is 0 Å². The minimum absolute atomic E-state index is 0.220. The lowest BCUT2D eigenvalue weighted by Gasteiger charge is -2.16. The molecule has 0 aliphatic rings. The number of hydrazone groups is 1. The molecule has 9 heteroatoms. The van der Waals surface area contributed by atoms with E-state index in [-0.39, 0.29) is 16.9 Å². The lowest BCUT2D eigenvalue weighted by atomic mass is 10.2. The topological polar surface area (TPSA) is 88.2 Å². The molecule has 0 aliphatic carbocycles. The molecule has 2 aromatic heterocycles. The van der Waals surface area contributed by atoms with Crippen molar-refractivity contribution in [3.8, 4) is 5.75 Å². The van der Waals surface area contributed by atoms with Crippen molar-refractivity contribution in [1.29, 1.82) is 0 Å². The molecule has 8 nitrogen and oxygen atoms in total. The summed E-state index contributed by atoms with van der Waals surface area (Å²) in [6.07, 6.45) is 2.67. The number of thiazole rings is 1. The van der Waals surface area contributed by atoms with Crippen molar-refractivity contribution in [3.05, 3.63) is 94.3 Å². The third-order valence-corrected chi connectivity index (χ3v) is 6.60. The average molecular weight is 499 g/mol. The number of aromatic nitrogens is 1. The van der Waals surface area contributed by atoms with Crippen molar-refractivity contribution < 1.29 is 13.9 Å². The fourth-order valence-electron chi connectivity index (χ4n) is 3.63. The number of para-hydroxylation sites is 1. The van der Waals surface area contributed by atoms with Gasteiger partial charge in [-0.2, -0.15) is 10.1 Å². The summed E-state index contributed by atoms with van der Waals surface area (Å²) < 4.78 is 11.7. The Balaban J connectivity index is 1.58. The SMILES string of the molecule is COc1ccc2nc(N(/N=C/c3coc4ccccc4c3=O)C(=O)c3ccc(N(C)C)cc3)sc2c1. The Kier molecular flexibility index (Phi) is 6.22. The van der Waals surface area contributed by atoms with Crippen LogP contribution >= 0.6 is 11.3 Å². The molecule has 0 bridgehead atoms. The van der Waals surface area contributed by atoms with E-state index in [9.17, 15) is 9.59 Å². The van der Waals surface area contributed by atoms with E-state index in [0.717, 1.165) is 10.4 Å². The second-order valence-corrected chi connectivity index (χ2v) is 9.16. The van der Waals surface area contributed by atoms with Crippen molar-refractivity contribution in [1.82, 2.24) is 4.98 Å². The average Bonchev–Trinajstić information content (AvgIpc) is 3.33. The monoisotopic (exact) mass is 498 g/mol. The normalized spacial score (nSPS) is 11.3. The number of rotatable bonds is 6. The number of amides is 1. The van der Waals surface area contributed by atoms with Crippen LogP contribution in [0, 0.1) is 0 Å². The quantitative estimate of drug-likeness (QED) is 0.237. The van der Waals surface area contributed by atoms with E-state index in [4.69, 9.17) is 9.15 Å². The van der Waals surface area contributed by atoms with Gasteiger partial charge in [0.25, 0.3) is 5.91 Å². The lowest BCUT2D eigenvalue weighted by molar-refractivity contribution is 0.0988. The molecule has 180 valence electrons. The van der Waals surface area contributed by atoms with Crippen LogP contribution in [0.5, 0.6) is 5.75 Å². The lowest BCUT2D eigenvalue weighted by Crippen LogP contribution is -2.26. The molecule has 0 aliphatic heterocycles. The van der Waals surface area contributed by atoms with Crippen LogP contribution in [0.4, 0.5) is 10.8 Å². The highest BCUT2D eigenvalue weighted by molar-refractivity contribution is 7.22. The minimum atomic E-state index is -0.382. The minimum Gasteiger partial charge on any atom is -0.497 e. The molecule has 5 rings (SSSR count). The van der Waals surface area contributed by atoms with E-state index in [1.165, 1.54) is 28.8 Å². The first-order chi connectivity index (χ1) is 17.4. The van der Waals surface area contributed by atoms with Gasteiger partial charge in [-0.25, -0.2) is 4.98 Å². The highest BCUT2D eigenvalue weighted by Gasteiger charge is 2.22. The number of methoxy groups -OCH3 is 1. The van der Waals surface area contributed by atoms with Crippen molar-refractivity contribution in [2.24, 2.45) is 5.10 Å².